The van der Waals surface area contributed by atoms with Crippen LogP contribution in [0.4, 0.5) is 0 Å². The molecule has 1 saturated heterocycles. The normalized spacial score (nSPS) is 33.0. The van der Waals surface area contributed by atoms with Crippen LogP contribution in [0.1, 0.15) is 63.6 Å². The van der Waals surface area contributed by atoms with Gasteiger partial charge >= 0.3 is 0 Å². The summed E-state index contributed by atoms with van der Waals surface area (Å²) in [6, 6.07) is 0.270. The number of likely N-dealkylation sites (tertiary alicyclic amines) is 1. The highest BCUT2D eigenvalue weighted by atomic mass is 16.3. The van der Waals surface area contributed by atoms with Crippen LogP contribution in [0.5, 0.6) is 0 Å². The minimum atomic E-state index is -0.490. The van der Waals surface area contributed by atoms with Crippen LogP contribution in [0.15, 0.2) is 6.33 Å². The second-order valence-corrected chi connectivity index (χ2v) is 9.40. The Morgan fingerprint density at radius 2 is 2.12 bits per heavy atom. The fourth-order valence-corrected chi connectivity index (χ4v) is 5.27. The molecule has 25 heavy (non-hydrogen) atoms. The molecule has 3 rings (SSSR count). The van der Waals surface area contributed by atoms with Gasteiger partial charge in [0.05, 0.1) is 24.2 Å². The fourth-order valence-electron chi connectivity index (χ4n) is 5.27. The molecule has 0 radical (unpaired) electrons. The summed E-state index contributed by atoms with van der Waals surface area (Å²) in [6.07, 6.45) is 2.67. The van der Waals surface area contributed by atoms with E-state index in [0.29, 0.717) is 17.7 Å². The Morgan fingerprint density at radius 1 is 1.44 bits per heavy atom. The number of nitrogens with one attached hydrogen (secondary N) is 2. The molecule has 6 nitrogen and oxygen atoms in total. The summed E-state index contributed by atoms with van der Waals surface area (Å²) in [4.78, 5) is 22.4. The van der Waals surface area contributed by atoms with Crippen LogP contribution in [0, 0.1) is 11.3 Å². The first-order chi connectivity index (χ1) is 11.5. The number of hydrogen-bond acceptors (Lipinski definition) is 4. The number of rotatable bonds is 3. The lowest BCUT2D eigenvalue weighted by Crippen LogP contribution is -2.64. The maximum atomic E-state index is 12.8. The molecule has 6 heteroatoms. The Labute approximate surface area is 150 Å². The van der Waals surface area contributed by atoms with E-state index in [4.69, 9.17) is 0 Å². The van der Waals surface area contributed by atoms with Gasteiger partial charge in [-0.05, 0) is 25.8 Å². The van der Waals surface area contributed by atoms with Crippen molar-refractivity contribution in [3.8, 4) is 0 Å². The minimum Gasteiger partial charge on any atom is -0.391 e. The summed E-state index contributed by atoms with van der Waals surface area (Å²) in [5.74, 6) is 0.347. The van der Waals surface area contributed by atoms with Crippen LogP contribution < -0.4 is 5.32 Å². The second kappa shape index (κ2) is 6.09. The predicted molar refractivity (Wildman–Crippen MR) is 97.5 cm³/mol. The fraction of sp³-hybridized carbons (Fsp3) is 0.789. The lowest BCUT2D eigenvalue weighted by Gasteiger charge is -2.57. The number of aliphatic hydroxyl groups excluding tert-OH is 1. The lowest BCUT2D eigenvalue weighted by molar-refractivity contribution is -0.0827. The summed E-state index contributed by atoms with van der Waals surface area (Å²) in [5.41, 5.74) is 1.21. The van der Waals surface area contributed by atoms with Gasteiger partial charge in [0.15, 0.2) is 0 Å². The van der Waals surface area contributed by atoms with Crippen LogP contribution in [0.2, 0.25) is 0 Å². The molecule has 2 heterocycles. The number of carbonyl (C=O) groups excluding carboxylic acids is 1. The number of aliphatic hydroxyl groups is 1. The molecule has 1 aliphatic carbocycles. The molecule has 140 valence electrons. The molecule has 4 atom stereocenters. The van der Waals surface area contributed by atoms with E-state index in [1.54, 1.807) is 6.33 Å². The molecule has 0 bridgehead atoms. The van der Waals surface area contributed by atoms with E-state index in [1.807, 2.05) is 20.8 Å². The highest BCUT2D eigenvalue weighted by molar-refractivity contribution is 5.94. The van der Waals surface area contributed by atoms with Crippen LogP contribution >= 0.6 is 0 Å². The number of amides is 1. The smallest absolute Gasteiger partial charge is 0.272 e. The predicted octanol–water partition coefficient (Wildman–Crippen LogP) is 1.92. The second-order valence-electron chi connectivity index (χ2n) is 9.40. The largest absolute Gasteiger partial charge is 0.391 e. The molecule has 2 fully saturated rings. The van der Waals surface area contributed by atoms with E-state index in [9.17, 15) is 9.90 Å². The standard InChI is InChI=1S/C19H32N4O2/c1-11(2)16-19(9-23(16)6)7-12(13(24)8-19)22-17(25)14-15(18(3,4)5)21-10-20-14/h10-13,16,24H,7-9H2,1-6H3,(H,20,21)(H,22,25)/t12-,13-,16?,19?/m1/s1. The molecular weight excluding hydrogens is 316 g/mol. The maximum absolute atomic E-state index is 12.8. The van der Waals surface area contributed by atoms with E-state index in [-0.39, 0.29) is 22.8 Å². The van der Waals surface area contributed by atoms with Gasteiger partial charge < -0.3 is 20.3 Å². The molecule has 2 unspecified atom stereocenters. The highest BCUT2D eigenvalue weighted by Gasteiger charge is 2.58. The third kappa shape index (κ3) is 3.10. The molecule has 1 aliphatic heterocycles. The molecule has 3 N–H and O–H groups in total. The van der Waals surface area contributed by atoms with Gasteiger partial charge in [-0.15, -0.1) is 0 Å². The number of aromatic nitrogens is 2. The van der Waals surface area contributed by atoms with Crippen LogP contribution in [-0.2, 0) is 5.41 Å². The summed E-state index contributed by atoms with van der Waals surface area (Å²) in [5, 5.41) is 13.6. The molecule has 1 amide bonds. The maximum Gasteiger partial charge on any atom is 0.272 e. The van der Waals surface area contributed by atoms with Gasteiger partial charge in [0.1, 0.15) is 5.69 Å². The van der Waals surface area contributed by atoms with Gasteiger partial charge in [0, 0.05) is 23.4 Å². The van der Waals surface area contributed by atoms with Gasteiger partial charge in [0.2, 0.25) is 0 Å². The van der Waals surface area contributed by atoms with E-state index in [2.05, 4.69) is 41.1 Å². The van der Waals surface area contributed by atoms with Gasteiger partial charge in [-0.25, -0.2) is 4.98 Å². The van der Waals surface area contributed by atoms with E-state index in [0.717, 1.165) is 25.1 Å². The van der Waals surface area contributed by atoms with Crippen molar-refractivity contribution in [1.82, 2.24) is 20.2 Å². The Balaban J connectivity index is 1.72. The summed E-state index contributed by atoms with van der Waals surface area (Å²) in [7, 11) is 2.15. The number of carbonyl (C=O) groups is 1. The summed E-state index contributed by atoms with van der Waals surface area (Å²) in [6.45, 7) is 11.6. The third-order valence-electron chi connectivity index (χ3n) is 5.93. The van der Waals surface area contributed by atoms with Gasteiger partial charge in [0.25, 0.3) is 5.91 Å². The van der Waals surface area contributed by atoms with Crippen molar-refractivity contribution < 1.29 is 9.90 Å². The molecular formula is C19H32N4O2. The van der Waals surface area contributed by atoms with Crippen molar-refractivity contribution in [1.29, 1.82) is 0 Å². The zero-order chi connectivity index (χ0) is 18.6. The van der Waals surface area contributed by atoms with Crippen molar-refractivity contribution in [2.24, 2.45) is 11.3 Å². The van der Waals surface area contributed by atoms with E-state index >= 15 is 0 Å². The Morgan fingerprint density at radius 3 is 2.68 bits per heavy atom. The minimum absolute atomic E-state index is 0.124. The Hall–Kier alpha value is -1.40. The quantitative estimate of drug-likeness (QED) is 0.779. The number of imidazole rings is 1. The van der Waals surface area contributed by atoms with Crippen LogP contribution in [0.25, 0.3) is 0 Å². The van der Waals surface area contributed by atoms with Gasteiger partial charge in [-0.1, -0.05) is 34.6 Å². The third-order valence-corrected chi connectivity index (χ3v) is 5.93. The first-order valence-electron chi connectivity index (χ1n) is 9.28. The Bertz CT molecular complexity index is 643. The first-order valence-corrected chi connectivity index (χ1v) is 9.28. The topological polar surface area (TPSA) is 81.2 Å². The number of aromatic amines is 1. The summed E-state index contributed by atoms with van der Waals surface area (Å²) < 4.78 is 0. The average Bonchev–Trinajstić information content (AvgIpc) is 3.04. The van der Waals surface area contributed by atoms with Gasteiger partial charge in [-0.3, -0.25) is 4.79 Å². The molecule has 1 saturated carbocycles. The molecule has 0 aromatic carbocycles. The molecule has 1 aromatic heterocycles. The number of H-pyrrole nitrogens is 1. The van der Waals surface area contributed by atoms with Crippen molar-refractivity contribution in [3.05, 3.63) is 17.7 Å². The number of nitrogens with zero attached hydrogens (tertiary/aromatic N) is 2. The summed E-state index contributed by atoms with van der Waals surface area (Å²) >= 11 is 0. The highest BCUT2D eigenvalue weighted by Crippen LogP contribution is 2.52. The van der Waals surface area contributed by atoms with Crippen molar-refractivity contribution >= 4 is 5.91 Å². The lowest BCUT2D eigenvalue weighted by atomic mass is 9.66. The first kappa shape index (κ1) is 18.4. The molecule has 1 aromatic rings. The van der Waals surface area contributed by atoms with E-state index in [1.165, 1.54) is 0 Å². The van der Waals surface area contributed by atoms with E-state index < -0.39 is 6.10 Å². The SMILES string of the molecule is CC(C)C1N(C)CC12C[C@@H](O)[C@H](NC(=O)c1nc[nH]c1C(C)(C)C)C2. The Kier molecular flexibility index (Phi) is 4.48. The molecule has 1 spiro atoms. The molecule has 2 aliphatic rings. The van der Waals surface area contributed by atoms with Crippen molar-refractivity contribution in [3.63, 3.8) is 0 Å². The zero-order valence-electron chi connectivity index (χ0n) is 16.3. The zero-order valence-corrected chi connectivity index (χ0v) is 16.3. The van der Waals surface area contributed by atoms with Crippen molar-refractivity contribution in [2.45, 2.75) is 71.1 Å². The number of hydrogen-bond donors (Lipinski definition) is 3. The van der Waals surface area contributed by atoms with Crippen molar-refractivity contribution in [2.75, 3.05) is 13.6 Å². The van der Waals surface area contributed by atoms with Crippen LogP contribution in [0.3, 0.4) is 0 Å². The average molecular weight is 348 g/mol. The van der Waals surface area contributed by atoms with Gasteiger partial charge in [-0.2, -0.15) is 0 Å². The van der Waals surface area contributed by atoms with Crippen LogP contribution in [-0.4, -0.2) is 57.7 Å². The monoisotopic (exact) mass is 348 g/mol.